The highest BCUT2D eigenvalue weighted by molar-refractivity contribution is 5.95. The van der Waals surface area contributed by atoms with Crippen LogP contribution in [-0.4, -0.2) is 18.0 Å². The van der Waals surface area contributed by atoms with Gasteiger partial charge in [-0.05, 0) is 72.8 Å². The molecule has 3 saturated carbocycles. The SMILES string of the molecule is C[C@@]12CCC[C@H]1[C@@H]1C(=O)C=C3[C@@H]4O[C@@H]4CC[C@]3(C)[C@H]1CC2. The van der Waals surface area contributed by atoms with Gasteiger partial charge in [0.15, 0.2) is 5.78 Å². The molecule has 0 aromatic rings. The topological polar surface area (TPSA) is 29.6 Å². The molecule has 0 radical (unpaired) electrons. The number of fused-ring (bicyclic) bond motifs is 7. The maximum absolute atomic E-state index is 12.9. The van der Waals surface area contributed by atoms with Gasteiger partial charge in [0.25, 0.3) is 0 Å². The lowest BCUT2D eigenvalue weighted by atomic mass is 9.48. The molecule has 0 N–H and O–H groups in total. The van der Waals surface area contributed by atoms with E-state index in [-0.39, 0.29) is 5.41 Å². The van der Waals surface area contributed by atoms with Crippen molar-refractivity contribution in [3.05, 3.63) is 11.6 Å². The van der Waals surface area contributed by atoms with E-state index in [9.17, 15) is 4.79 Å². The third-order valence-corrected chi connectivity index (χ3v) is 7.99. The van der Waals surface area contributed by atoms with Gasteiger partial charge in [-0.2, -0.15) is 0 Å². The summed E-state index contributed by atoms with van der Waals surface area (Å²) in [6.07, 6.45) is 11.8. The lowest BCUT2D eigenvalue weighted by molar-refractivity contribution is -0.132. The second-order valence-electron chi connectivity index (χ2n) is 8.88. The summed E-state index contributed by atoms with van der Waals surface area (Å²) in [5, 5.41) is 0. The van der Waals surface area contributed by atoms with E-state index in [4.69, 9.17) is 4.74 Å². The van der Waals surface area contributed by atoms with Crippen LogP contribution < -0.4 is 0 Å². The maximum atomic E-state index is 12.9. The summed E-state index contributed by atoms with van der Waals surface area (Å²) in [6, 6.07) is 0. The zero-order valence-electron chi connectivity index (χ0n) is 13.2. The highest BCUT2D eigenvalue weighted by Crippen LogP contribution is 2.65. The van der Waals surface area contributed by atoms with Crippen molar-refractivity contribution in [2.45, 2.75) is 71.0 Å². The molecule has 5 rings (SSSR count). The van der Waals surface area contributed by atoms with Crippen molar-refractivity contribution in [3.8, 4) is 0 Å². The van der Waals surface area contributed by atoms with E-state index >= 15 is 0 Å². The summed E-state index contributed by atoms with van der Waals surface area (Å²) in [6.45, 7) is 4.90. The Morgan fingerprint density at radius 3 is 2.81 bits per heavy atom. The molecule has 21 heavy (non-hydrogen) atoms. The molecule has 114 valence electrons. The molecule has 1 heterocycles. The molecule has 0 aromatic heterocycles. The van der Waals surface area contributed by atoms with E-state index in [0.717, 1.165) is 0 Å². The zero-order chi connectivity index (χ0) is 14.4. The van der Waals surface area contributed by atoms with Gasteiger partial charge in [-0.25, -0.2) is 0 Å². The molecule has 0 aromatic carbocycles. The molecule has 2 nitrogen and oxygen atoms in total. The normalized spacial score (nSPS) is 57.7. The van der Waals surface area contributed by atoms with Gasteiger partial charge < -0.3 is 4.74 Å². The highest BCUT2D eigenvalue weighted by Gasteiger charge is 2.62. The van der Waals surface area contributed by atoms with Crippen LogP contribution in [0.4, 0.5) is 0 Å². The molecule has 4 fully saturated rings. The van der Waals surface area contributed by atoms with Crippen molar-refractivity contribution < 1.29 is 9.53 Å². The Labute approximate surface area is 127 Å². The second kappa shape index (κ2) is 3.82. The number of ketones is 1. The molecule has 0 spiro atoms. The minimum absolute atomic E-state index is 0.250. The summed E-state index contributed by atoms with van der Waals surface area (Å²) in [5.41, 5.74) is 2.07. The van der Waals surface area contributed by atoms with Gasteiger partial charge in [0.2, 0.25) is 0 Å². The molecule has 4 aliphatic carbocycles. The van der Waals surface area contributed by atoms with E-state index in [0.29, 0.717) is 41.2 Å². The van der Waals surface area contributed by atoms with Gasteiger partial charge in [0, 0.05) is 5.92 Å². The fourth-order valence-electron chi connectivity index (χ4n) is 6.68. The summed E-state index contributed by atoms with van der Waals surface area (Å²) < 4.78 is 5.83. The predicted octanol–water partition coefficient (Wildman–Crippen LogP) is 3.90. The molecule has 1 saturated heterocycles. The minimum Gasteiger partial charge on any atom is -0.365 e. The van der Waals surface area contributed by atoms with Gasteiger partial charge in [-0.15, -0.1) is 0 Å². The van der Waals surface area contributed by atoms with Crippen LogP contribution in [0.25, 0.3) is 0 Å². The number of allylic oxidation sites excluding steroid dienone is 1. The summed E-state index contributed by atoms with van der Waals surface area (Å²) >= 11 is 0. The maximum Gasteiger partial charge on any atom is 0.159 e. The molecular weight excluding hydrogens is 260 g/mol. The van der Waals surface area contributed by atoms with E-state index in [1.807, 2.05) is 6.08 Å². The van der Waals surface area contributed by atoms with Gasteiger partial charge in [-0.3, -0.25) is 4.79 Å². The number of carbonyl (C=O) groups is 1. The van der Waals surface area contributed by atoms with Crippen LogP contribution in [0.2, 0.25) is 0 Å². The molecule has 2 heteroatoms. The van der Waals surface area contributed by atoms with Gasteiger partial charge in [-0.1, -0.05) is 20.3 Å². The molecule has 5 aliphatic rings. The lowest BCUT2D eigenvalue weighted by Crippen LogP contribution is -2.52. The summed E-state index contributed by atoms with van der Waals surface area (Å²) in [4.78, 5) is 12.9. The Hall–Kier alpha value is -0.630. The fraction of sp³-hybridized carbons (Fsp3) is 0.842. The first-order chi connectivity index (χ1) is 10.0. The first kappa shape index (κ1) is 12.9. The van der Waals surface area contributed by atoms with Crippen LogP contribution >= 0.6 is 0 Å². The van der Waals surface area contributed by atoms with Crippen molar-refractivity contribution in [2.24, 2.45) is 28.6 Å². The molecular formula is C19H26O2. The van der Waals surface area contributed by atoms with E-state index in [1.54, 1.807) is 0 Å². The minimum atomic E-state index is 0.250. The fourth-order valence-corrected chi connectivity index (χ4v) is 6.68. The van der Waals surface area contributed by atoms with Crippen LogP contribution in [0.15, 0.2) is 11.6 Å². The summed E-state index contributed by atoms with van der Waals surface area (Å²) in [5.74, 6) is 2.00. The van der Waals surface area contributed by atoms with E-state index < -0.39 is 0 Å². The Morgan fingerprint density at radius 1 is 1.10 bits per heavy atom. The predicted molar refractivity (Wildman–Crippen MR) is 80.8 cm³/mol. The van der Waals surface area contributed by atoms with Crippen molar-refractivity contribution >= 4 is 5.78 Å². The number of carbonyl (C=O) groups excluding carboxylic acids is 1. The number of ether oxygens (including phenoxy) is 1. The Balaban J connectivity index is 1.60. The van der Waals surface area contributed by atoms with Crippen molar-refractivity contribution in [3.63, 3.8) is 0 Å². The lowest BCUT2D eigenvalue weighted by Gasteiger charge is -2.55. The van der Waals surface area contributed by atoms with Crippen molar-refractivity contribution in [1.29, 1.82) is 0 Å². The Bertz CT molecular complexity index is 550. The number of rotatable bonds is 0. The first-order valence-corrected chi connectivity index (χ1v) is 8.94. The Kier molecular flexibility index (Phi) is 2.34. The second-order valence-corrected chi connectivity index (χ2v) is 8.88. The quantitative estimate of drug-likeness (QED) is 0.632. The average molecular weight is 286 g/mol. The van der Waals surface area contributed by atoms with Gasteiger partial charge in [0.1, 0.15) is 6.10 Å². The van der Waals surface area contributed by atoms with Crippen molar-refractivity contribution in [1.82, 2.24) is 0 Å². The molecule has 0 amide bonds. The van der Waals surface area contributed by atoms with Gasteiger partial charge >= 0.3 is 0 Å². The standard InChI is InChI=1S/C19H26O2/c1-18-7-3-4-11(18)16-12(5-8-18)19(2)9-6-15-17(21-15)13(19)10-14(16)20/h10-12,15-17H,3-9H2,1-2H3/t11-,12-,15+,16-,17-,18-,19+/m0/s1. The number of epoxide rings is 1. The largest absolute Gasteiger partial charge is 0.365 e. The molecule has 0 bridgehead atoms. The Morgan fingerprint density at radius 2 is 1.95 bits per heavy atom. The monoisotopic (exact) mass is 286 g/mol. The van der Waals surface area contributed by atoms with Crippen LogP contribution in [0, 0.1) is 28.6 Å². The highest BCUT2D eigenvalue weighted by atomic mass is 16.6. The van der Waals surface area contributed by atoms with Crippen LogP contribution in [0.5, 0.6) is 0 Å². The van der Waals surface area contributed by atoms with Crippen molar-refractivity contribution in [2.75, 3.05) is 0 Å². The van der Waals surface area contributed by atoms with E-state index in [1.165, 1.54) is 50.5 Å². The average Bonchev–Trinajstić information content (AvgIpc) is 3.13. The first-order valence-electron chi connectivity index (χ1n) is 8.94. The van der Waals surface area contributed by atoms with Gasteiger partial charge in [0.05, 0.1) is 6.10 Å². The molecule has 0 unspecified atom stereocenters. The zero-order valence-corrected chi connectivity index (χ0v) is 13.2. The molecule has 1 aliphatic heterocycles. The third kappa shape index (κ3) is 1.50. The van der Waals surface area contributed by atoms with Crippen LogP contribution in [-0.2, 0) is 9.53 Å². The third-order valence-electron chi connectivity index (χ3n) is 7.99. The van der Waals surface area contributed by atoms with Crippen LogP contribution in [0.1, 0.15) is 58.8 Å². The number of hydrogen-bond acceptors (Lipinski definition) is 2. The smallest absolute Gasteiger partial charge is 0.159 e. The van der Waals surface area contributed by atoms with E-state index in [2.05, 4.69) is 13.8 Å². The number of hydrogen-bond donors (Lipinski definition) is 0. The molecule has 7 atom stereocenters. The van der Waals surface area contributed by atoms with Crippen LogP contribution in [0.3, 0.4) is 0 Å². The summed E-state index contributed by atoms with van der Waals surface area (Å²) in [7, 11) is 0.